The third-order valence-electron chi connectivity index (χ3n) is 3.84. The predicted octanol–water partition coefficient (Wildman–Crippen LogP) is 1.13. The summed E-state index contributed by atoms with van der Waals surface area (Å²) in [6.45, 7) is 3.61. The van der Waals surface area contributed by atoms with E-state index in [0.29, 0.717) is 6.54 Å². The number of hydrogen-bond donors (Lipinski definition) is 3. The summed E-state index contributed by atoms with van der Waals surface area (Å²) in [7, 11) is 0. The zero-order chi connectivity index (χ0) is 13.4. The van der Waals surface area contributed by atoms with E-state index in [2.05, 4.69) is 17.2 Å². The van der Waals surface area contributed by atoms with E-state index in [1.165, 1.54) is 0 Å². The maximum atomic E-state index is 11.9. The summed E-state index contributed by atoms with van der Waals surface area (Å²) in [4.78, 5) is 14.8. The summed E-state index contributed by atoms with van der Waals surface area (Å²) in [5, 5.41) is 13.9. The average molecular weight is 261 g/mol. The molecule has 1 aromatic heterocycles. The van der Waals surface area contributed by atoms with Gasteiger partial charge in [0.1, 0.15) is 0 Å². The number of aromatic amines is 1. The van der Waals surface area contributed by atoms with Gasteiger partial charge in [0.25, 0.3) is 0 Å². The van der Waals surface area contributed by atoms with Gasteiger partial charge in [0.15, 0.2) is 0 Å². The number of aryl methyl sites for hydroxylation is 1. The summed E-state index contributed by atoms with van der Waals surface area (Å²) in [5.41, 5.74) is 2.39. The Kier molecular flexibility index (Phi) is 3.16. The SMILES string of the molecule is CCCN[C@@H]1CCn2c(=O)[nH]c3cccc(c32)[C@H]1O. The number of aromatic nitrogens is 2. The first-order chi connectivity index (χ1) is 9.22. The Balaban J connectivity index is 2.09. The Morgan fingerprint density at radius 2 is 2.37 bits per heavy atom. The van der Waals surface area contributed by atoms with E-state index in [0.717, 1.165) is 36.0 Å². The van der Waals surface area contributed by atoms with Crippen LogP contribution >= 0.6 is 0 Å². The van der Waals surface area contributed by atoms with E-state index in [4.69, 9.17) is 0 Å². The van der Waals surface area contributed by atoms with Crippen LogP contribution in [0, 0.1) is 0 Å². The maximum absolute atomic E-state index is 11.9. The highest BCUT2D eigenvalue weighted by atomic mass is 16.3. The number of aliphatic hydroxyl groups is 1. The van der Waals surface area contributed by atoms with Crippen molar-refractivity contribution in [1.82, 2.24) is 14.9 Å². The molecule has 2 aromatic rings. The molecule has 3 N–H and O–H groups in total. The van der Waals surface area contributed by atoms with Crippen LogP contribution < -0.4 is 11.0 Å². The fourth-order valence-corrected chi connectivity index (χ4v) is 2.89. The van der Waals surface area contributed by atoms with Crippen molar-refractivity contribution in [3.05, 3.63) is 34.2 Å². The first-order valence-corrected chi connectivity index (χ1v) is 6.85. The van der Waals surface area contributed by atoms with Gasteiger partial charge in [-0.15, -0.1) is 0 Å². The van der Waals surface area contributed by atoms with Gasteiger partial charge in [-0.1, -0.05) is 19.1 Å². The number of aliphatic hydroxyl groups excluding tert-OH is 1. The van der Waals surface area contributed by atoms with Gasteiger partial charge in [0, 0.05) is 18.2 Å². The van der Waals surface area contributed by atoms with Crippen LogP contribution in [0.3, 0.4) is 0 Å². The molecule has 2 heterocycles. The number of benzene rings is 1. The van der Waals surface area contributed by atoms with E-state index < -0.39 is 6.10 Å². The number of hydrogen-bond acceptors (Lipinski definition) is 3. The number of nitrogens with zero attached hydrogens (tertiary/aromatic N) is 1. The molecule has 1 aliphatic rings. The van der Waals surface area contributed by atoms with E-state index >= 15 is 0 Å². The fourth-order valence-electron chi connectivity index (χ4n) is 2.89. The number of H-pyrrole nitrogens is 1. The van der Waals surface area contributed by atoms with Crippen molar-refractivity contribution in [2.24, 2.45) is 0 Å². The average Bonchev–Trinajstić information content (AvgIpc) is 2.65. The van der Waals surface area contributed by atoms with Crippen LogP contribution in [0.1, 0.15) is 31.4 Å². The second-order valence-corrected chi connectivity index (χ2v) is 5.12. The number of rotatable bonds is 3. The van der Waals surface area contributed by atoms with E-state index in [-0.39, 0.29) is 11.7 Å². The zero-order valence-corrected chi connectivity index (χ0v) is 11.0. The van der Waals surface area contributed by atoms with Gasteiger partial charge in [0.2, 0.25) is 0 Å². The molecule has 0 aliphatic carbocycles. The summed E-state index contributed by atoms with van der Waals surface area (Å²) in [6.07, 6.45) is 1.21. The lowest BCUT2D eigenvalue weighted by Gasteiger charge is -2.22. The van der Waals surface area contributed by atoms with Crippen molar-refractivity contribution in [2.75, 3.05) is 6.54 Å². The lowest BCUT2D eigenvalue weighted by molar-refractivity contribution is 0.126. The molecule has 0 unspecified atom stereocenters. The molecule has 0 amide bonds. The Labute approximate surface area is 111 Å². The first-order valence-electron chi connectivity index (χ1n) is 6.85. The molecule has 5 heteroatoms. The van der Waals surface area contributed by atoms with Crippen LogP contribution in [-0.4, -0.2) is 27.2 Å². The summed E-state index contributed by atoms with van der Waals surface area (Å²) in [5.74, 6) is 0. The van der Waals surface area contributed by atoms with Crippen molar-refractivity contribution < 1.29 is 5.11 Å². The van der Waals surface area contributed by atoms with Gasteiger partial charge in [-0.25, -0.2) is 4.79 Å². The van der Waals surface area contributed by atoms with Crippen LogP contribution in [0.4, 0.5) is 0 Å². The third kappa shape index (κ3) is 1.99. The Morgan fingerprint density at radius 1 is 1.53 bits per heavy atom. The summed E-state index contributed by atoms with van der Waals surface area (Å²) < 4.78 is 1.74. The van der Waals surface area contributed by atoms with Crippen molar-refractivity contribution in [3.63, 3.8) is 0 Å². The Hall–Kier alpha value is -1.59. The van der Waals surface area contributed by atoms with E-state index in [1.54, 1.807) is 4.57 Å². The highest BCUT2D eigenvalue weighted by Crippen LogP contribution is 2.29. The molecule has 5 nitrogen and oxygen atoms in total. The molecule has 2 atom stereocenters. The molecule has 0 spiro atoms. The topological polar surface area (TPSA) is 70.0 Å². The minimum atomic E-state index is -0.570. The standard InChI is InChI=1S/C14H19N3O2/c1-2-7-15-11-6-8-17-12-9(13(11)18)4-3-5-10(12)16-14(17)19/h3-5,11,13,15,18H,2,6-8H2,1H3,(H,16,19)/t11-,13-/m1/s1. The van der Waals surface area contributed by atoms with Gasteiger partial charge in [-0.3, -0.25) is 4.57 Å². The van der Waals surface area contributed by atoms with Crippen LogP contribution in [0.5, 0.6) is 0 Å². The molecule has 0 radical (unpaired) electrons. The smallest absolute Gasteiger partial charge is 0.326 e. The quantitative estimate of drug-likeness (QED) is 0.776. The van der Waals surface area contributed by atoms with Crippen molar-refractivity contribution in [3.8, 4) is 0 Å². The Bertz CT molecular complexity index is 644. The van der Waals surface area contributed by atoms with E-state index in [9.17, 15) is 9.90 Å². The van der Waals surface area contributed by atoms with Crippen LogP contribution in [-0.2, 0) is 6.54 Å². The highest BCUT2D eigenvalue weighted by Gasteiger charge is 2.27. The molecule has 0 bridgehead atoms. The molecule has 1 aromatic carbocycles. The first kappa shape index (κ1) is 12.4. The normalized spacial score (nSPS) is 22.6. The highest BCUT2D eigenvalue weighted by molar-refractivity contribution is 5.79. The maximum Gasteiger partial charge on any atom is 0.326 e. The lowest BCUT2D eigenvalue weighted by Crippen LogP contribution is -2.35. The van der Waals surface area contributed by atoms with Gasteiger partial charge in [0.05, 0.1) is 17.1 Å². The molecule has 0 saturated carbocycles. The predicted molar refractivity (Wildman–Crippen MR) is 74.2 cm³/mol. The lowest BCUT2D eigenvalue weighted by atomic mass is 10.00. The van der Waals surface area contributed by atoms with Gasteiger partial charge >= 0.3 is 5.69 Å². The fraction of sp³-hybridized carbons (Fsp3) is 0.500. The zero-order valence-electron chi connectivity index (χ0n) is 11.0. The molecule has 19 heavy (non-hydrogen) atoms. The second-order valence-electron chi connectivity index (χ2n) is 5.12. The summed E-state index contributed by atoms with van der Waals surface area (Å²) in [6, 6.07) is 5.67. The number of nitrogens with one attached hydrogen (secondary N) is 2. The summed E-state index contributed by atoms with van der Waals surface area (Å²) >= 11 is 0. The van der Waals surface area contributed by atoms with Crippen LogP contribution in [0.25, 0.3) is 11.0 Å². The minimum Gasteiger partial charge on any atom is -0.387 e. The molecule has 1 aliphatic heterocycles. The Morgan fingerprint density at radius 3 is 3.16 bits per heavy atom. The van der Waals surface area contributed by atoms with Crippen molar-refractivity contribution in [2.45, 2.75) is 38.5 Å². The third-order valence-corrected chi connectivity index (χ3v) is 3.84. The van der Waals surface area contributed by atoms with Crippen LogP contribution in [0.2, 0.25) is 0 Å². The largest absolute Gasteiger partial charge is 0.387 e. The molecule has 0 saturated heterocycles. The second kappa shape index (κ2) is 4.83. The van der Waals surface area contributed by atoms with Crippen molar-refractivity contribution in [1.29, 1.82) is 0 Å². The van der Waals surface area contributed by atoms with Crippen molar-refractivity contribution >= 4 is 11.0 Å². The number of imidazole rings is 1. The molecular weight excluding hydrogens is 242 g/mol. The van der Waals surface area contributed by atoms with Gasteiger partial charge in [-0.05, 0) is 25.5 Å². The minimum absolute atomic E-state index is 0.00449. The molecular formula is C14H19N3O2. The molecule has 102 valence electrons. The molecule has 3 rings (SSSR count). The van der Waals surface area contributed by atoms with Gasteiger partial charge < -0.3 is 15.4 Å². The monoisotopic (exact) mass is 261 g/mol. The van der Waals surface area contributed by atoms with E-state index in [1.807, 2.05) is 18.2 Å². The number of para-hydroxylation sites is 1. The van der Waals surface area contributed by atoms with Gasteiger partial charge in [-0.2, -0.15) is 0 Å². The van der Waals surface area contributed by atoms with Crippen LogP contribution in [0.15, 0.2) is 23.0 Å². The molecule has 0 fully saturated rings.